The van der Waals surface area contributed by atoms with E-state index in [1.54, 1.807) is 13.1 Å². The van der Waals surface area contributed by atoms with Gasteiger partial charge >= 0.3 is 5.37 Å². The first kappa shape index (κ1) is 10.5. The number of aliphatic imine (C=N–C) groups is 1. The molecule has 0 heterocycles. The number of nitrogens with zero attached hydrogens (tertiary/aromatic N) is 2. The van der Waals surface area contributed by atoms with E-state index in [4.69, 9.17) is 23.2 Å². The van der Waals surface area contributed by atoms with Gasteiger partial charge in [-0.1, -0.05) is 6.08 Å². The zero-order valence-electron chi connectivity index (χ0n) is 6.05. The SMILES string of the molecule is C=CCN(C)C(Cl)=NC(=O)Cl. The Balaban J connectivity index is 4.10. The van der Waals surface area contributed by atoms with Crippen LogP contribution in [-0.4, -0.2) is 29.2 Å². The summed E-state index contributed by atoms with van der Waals surface area (Å²) in [5, 5.41) is -0.768. The maximum Gasteiger partial charge on any atom is 0.342 e. The summed E-state index contributed by atoms with van der Waals surface area (Å²) in [6.45, 7) is 4.01. The summed E-state index contributed by atoms with van der Waals surface area (Å²) in [6.07, 6.45) is 1.64. The van der Waals surface area contributed by atoms with Crippen LogP contribution in [0.1, 0.15) is 0 Å². The minimum absolute atomic E-state index is 0.0601. The van der Waals surface area contributed by atoms with Gasteiger partial charge < -0.3 is 4.90 Å². The van der Waals surface area contributed by atoms with Gasteiger partial charge in [-0.3, -0.25) is 4.79 Å². The van der Waals surface area contributed by atoms with Crippen LogP contribution in [0.25, 0.3) is 0 Å². The lowest BCUT2D eigenvalue weighted by Gasteiger charge is -2.12. The summed E-state index contributed by atoms with van der Waals surface area (Å²) in [5.41, 5.74) is 0. The fraction of sp³-hybridized carbons (Fsp3) is 0.333. The van der Waals surface area contributed by atoms with E-state index in [-0.39, 0.29) is 5.29 Å². The first-order valence-corrected chi connectivity index (χ1v) is 3.59. The maximum absolute atomic E-state index is 10.2. The van der Waals surface area contributed by atoms with E-state index < -0.39 is 5.37 Å². The van der Waals surface area contributed by atoms with Crippen molar-refractivity contribution in [2.24, 2.45) is 4.99 Å². The smallest absolute Gasteiger partial charge is 0.342 e. The number of carbonyl (C=O) groups is 1. The van der Waals surface area contributed by atoms with Crippen molar-refractivity contribution in [1.29, 1.82) is 0 Å². The highest BCUT2D eigenvalue weighted by Gasteiger charge is 2.01. The van der Waals surface area contributed by atoms with Crippen molar-refractivity contribution in [2.75, 3.05) is 13.6 Å². The van der Waals surface area contributed by atoms with Gasteiger partial charge in [0.05, 0.1) is 0 Å². The molecule has 0 bridgehead atoms. The van der Waals surface area contributed by atoms with Crippen molar-refractivity contribution in [3.05, 3.63) is 12.7 Å². The molecule has 11 heavy (non-hydrogen) atoms. The van der Waals surface area contributed by atoms with Crippen LogP contribution >= 0.6 is 23.2 Å². The number of carbonyl (C=O) groups excluding carboxylic acids is 1. The fourth-order valence-corrected chi connectivity index (χ4v) is 0.696. The molecule has 0 rings (SSSR count). The second kappa shape index (κ2) is 5.16. The molecule has 1 amide bonds. The number of hydrogen-bond donors (Lipinski definition) is 0. The molecule has 0 spiro atoms. The van der Waals surface area contributed by atoms with Gasteiger partial charge in [0.25, 0.3) is 0 Å². The van der Waals surface area contributed by atoms with Crippen molar-refractivity contribution in [2.45, 2.75) is 0 Å². The van der Waals surface area contributed by atoms with E-state index in [0.29, 0.717) is 6.54 Å². The minimum atomic E-state index is -0.828. The third kappa shape index (κ3) is 4.81. The second-order valence-electron chi connectivity index (χ2n) is 1.80. The quantitative estimate of drug-likeness (QED) is 0.222. The van der Waals surface area contributed by atoms with Gasteiger partial charge in [0.1, 0.15) is 0 Å². The number of halogens is 2. The molecule has 0 aliphatic rings. The predicted octanol–water partition coefficient (Wildman–Crippen LogP) is 2.06. The van der Waals surface area contributed by atoms with Crippen LogP contribution < -0.4 is 0 Å². The Morgan fingerprint density at radius 1 is 1.73 bits per heavy atom. The Labute approximate surface area is 75.3 Å². The Morgan fingerprint density at radius 3 is 2.64 bits per heavy atom. The summed E-state index contributed by atoms with van der Waals surface area (Å²) in [6, 6.07) is 0. The van der Waals surface area contributed by atoms with Gasteiger partial charge in [-0.15, -0.1) is 6.58 Å². The van der Waals surface area contributed by atoms with Crippen molar-refractivity contribution in [3.8, 4) is 0 Å². The normalized spacial score (nSPS) is 11.0. The van der Waals surface area contributed by atoms with Crippen molar-refractivity contribution >= 4 is 33.9 Å². The van der Waals surface area contributed by atoms with Gasteiger partial charge in [0, 0.05) is 13.6 Å². The van der Waals surface area contributed by atoms with Gasteiger partial charge in [0.2, 0.25) is 5.29 Å². The molecule has 0 atom stereocenters. The van der Waals surface area contributed by atoms with E-state index >= 15 is 0 Å². The average molecular weight is 195 g/mol. The number of rotatable bonds is 2. The first-order chi connectivity index (χ1) is 5.07. The summed E-state index contributed by atoms with van der Waals surface area (Å²) in [4.78, 5) is 15.0. The zero-order chi connectivity index (χ0) is 8.85. The molecular weight excluding hydrogens is 187 g/mol. The third-order valence-corrected chi connectivity index (χ3v) is 1.36. The lowest BCUT2D eigenvalue weighted by atomic mass is 10.6. The number of likely N-dealkylation sites (N-methyl/N-ethyl adjacent to an activating group) is 1. The molecule has 0 aliphatic carbocycles. The molecule has 0 saturated carbocycles. The molecule has 0 aromatic carbocycles. The van der Waals surface area contributed by atoms with E-state index in [2.05, 4.69) is 11.6 Å². The van der Waals surface area contributed by atoms with Crippen LogP contribution in [-0.2, 0) is 0 Å². The highest BCUT2D eigenvalue weighted by molar-refractivity contribution is 6.70. The van der Waals surface area contributed by atoms with E-state index in [1.807, 2.05) is 0 Å². The highest BCUT2D eigenvalue weighted by atomic mass is 35.5. The Kier molecular flexibility index (Phi) is 4.90. The average Bonchev–Trinajstić information content (AvgIpc) is 1.86. The molecule has 0 saturated heterocycles. The molecule has 0 aliphatic heterocycles. The van der Waals surface area contributed by atoms with Gasteiger partial charge in [-0.2, -0.15) is 4.99 Å². The van der Waals surface area contributed by atoms with Crippen LogP contribution in [0.15, 0.2) is 17.6 Å². The summed E-state index contributed by atoms with van der Waals surface area (Å²) in [5.74, 6) is 0. The zero-order valence-corrected chi connectivity index (χ0v) is 7.56. The van der Waals surface area contributed by atoms with Crippen LogP contribution in [0, 0.1) is 0 Å². The minimum Gasteiger partial charge on any atom is -0.346 e. The van der Waals surface area contributed by atoms with Crippen molar-refractivity contribution in [3.63, 3.8) is 0 Å². The molecule has 62 valence electrons. The molecule has 5 heteroatoms. The fourth-order valence-electron chi connectivity index (χ4n) is 0.427. The van der Waals surface area contributed by atoms with Gasteiger partial charge in [-0.05, 0) is 23.2 Å². The lowest BCUT2D eigenvalue weighted by Crippen LogP contribution is -2.22. The molecule has 0 aromatic heterocycles. The van der Waals surface area contributed by atoms with E-state index in [0.717, 1.165) is 0 Å². The van der Waals surface area contributed by atoms with Crippen molar-refractivity contribution < 1.29 is 4.79 Å². The maximum atomic E-state index is 10.2. The van der Waals surface area contributed by atoms with Gasteiger partial charge in [0.15, 0.2) is 0 Å². The number of hydrogen-bond acceptors (Lipinski definition) is 1. The van der Waals surface area contributed by atoms with Crippen LogP contribution in [0.3, 0.4) is 0 Å². The molecule has 0 aromatic rings. The monoisotopic (exact) mass is 194 g/mol. The third-order valence-electron chi connectivity index (χ3n) is 0.898. The van der Waals surface area contributed by atoms with Crippen LogP contribution in [0.2, 0.25) is 0 Å². The Hall–Kier alpha value is -0.540. The van der Waals surface area contributed by atoms with Crippen LogP contribution in [0.4, 0.5) is 4.79 Å². The Morgan fingerprint density at radius 2 is 2.27 bits per heavy atom. The molecule has 0 radical (unpaired) electrons. The van der Waals surface area contributed by atoms with Crippen LogP contribution in [0.5, 0.6) is 0 Å². The molecule has 3 nitrogen and oxygen atoms in total. The molecule has 0 fully saturated rings. The first-order valence-electron chi connectivity index (χ1n) is 2.83. The number of amides is 1. The van der Waals surface area contributed by atoms with E-state index in [1.165, 1.54) is 4.90 Å². The van der Waals surface area contributed by atoms with Crippen molar-refractivity contribution in [1.82, 2.24) is 4.90 Å². The highest BCUT2D eigenvalue weighted by Crippen LogP contribution is 1.96. The lowest BCUT2D eigenvalue weighted by molar-refractivity contribution is 0.266. The molecule has 0 N–H and O–H groups in total. The van der Waals surface area contributed by atoms with Gasteiger partial charge in [-0.25, -0.2) is 0 Å². The predicted molar refractivity (Wildman–Crippen MR) is 47.4 cm³/mol. The largest absolute Gasteiger partial charge is 0.346 e. The summed E-state index contributed by atoms with van der Waals surface area (Å²) < 4.78 is 0. The summed E-state index contributed by atoms with van der Waals surface area (Å²) >= 11 is 10.5. The number of amidine groups is 1. The topological polar surface area (TPSA) is 32.7 Å². The van der Waals surface area contributed by atoms with E-state index in [9.17, 15) is 4.79 Å². The second-order valence-corrected chi connectivity index (χ2v) is 2.46. The standard InChI is InChI=1S/C6H8Cl2N2O/c1-3-4-10(2)5(7)9-6(8)11/h3H,1,4H2,2H3. The molecule has 0 unspecified atom stereocenters. The molecular formula is C6H8Cl2N2O. The Bertz CT molecular complexity index is 191. The summed E-state index contributed by atoms with van der Waals surface area (Å²) in [7, 11) is 1.67.